The lowest BCUT2D eigenvalue weighted by Crippen LogP contribution is -2.33. The molecule has 0 aromatic heterocycles. The molecule has 2 saturated carbocycles. The third kappa shape index (κ3) is 4.75. The maximum Gasteiger partial charge on any atom is 0.223 e. The standard InChI is InChI=1S/C13H24N2O2.ClH/c14-11-6-5-10(9-11)13(16)15-7-8-17-12-3-1-2-4-12;/h10-12H,1-9,14H2,(H,15,16);1H. The van der Waals surface area contributed by atoms with Gasteiger partial charge in [-0.3, -0.25) is 4.79 Å². The minimum atomic E-state index is 0. The van der Waals surface area contributed by atoms with Gasteiger partial charge in [0, 0.05) is 18.5 Å². The van der Waals surface area contributed by atoms with Gasteiger partial charge in [0.25, 0.3) is 0 Å². The van der Waals surface area contributed by atoms with Crippen LogP contribution in [0.3, 0.4) is 0 Å². The van der Waals surface area contributed by atoms with Crippen LogP contribution < -0.4 is 11.1 Å². The van der Waals surface area contributed by atoms with Crippen LogP contribution in [0, 0.1) is 5.92 Å². The Bertz CT molecular complexity index is 257. The number of hydrogen-bond donors (Lipinski definition) is 2. The normalized spacial score (nSPS) is 28.1. The summed E-state index contributed by atoms with van der Waals surface area (Å²) in [5.41, 5.74) is 5.80. The van der Waals surface area contributed by atoms with Gasteiger partial charge in [0.1, 0.15) is 0 Å². The lowest BCUT2D eigenvalue weighted by Gasteiger charge is -2.13. The first-order valence-electron chi connectivity index (χ1n) is 6.90. The van der Waals surface area contributed by atoms with Crippen molar-refractivity contribution in [2.24, 2.45) is 11.7 Å². The fraction of sp³-hybridized carbons (Fsp3) is 0.923. The van der Waals surface area contributed by atoms with E-state index in [2.05, 4.69) is 5.32 Å². The number of hydrogen-bond acceptors (Lipinski definition) is 3. The van der Waals surface area contributed by atoms with Crippen LogP contribution in [0.1, 0.15) is 44.9 Å². The maximum absolute atomic E-state index is 11.8. The topological polar surface area (TPSA) is 64.4 Å². The highest BCUT2D eigenvalue weighted by molar-refractivity contribution is 5.85. The number of amides is 1. The van der Waals surface area contributed by atoms with Gasteiger partial charge in [0.2, 0.25) is 5.91 Å². The van der Waals surface area contributed by atoms with Crippen molar-refractivity contribution in [2.75, 3.05) is 13.2 Å². The van der Waals surface area contributed by atoms with E-state index in [-0.39, 0.29) is 30.3 Å². The Morgan fingerprint density at radius 1 is 1.22 bits per heavy atom. The van der Waals surface area contributed by atoms with Crippen LogP contribution >= 0.6 is 12.4 Å². The average molecular weight is 277 g/mol. The van der Waals surface area contributed by atoms with Crippen LogP contribution in [-0.4, -0.2) is 31.2 Å². The summed E-state index contributed by atoms with van der Waals surface area (Å²) in [5, 5.41) is 2.95. The van der Waals surface area contributed by atoms with Crippen molar-refractivity contribution in [3.63, 3.8) is 0 Å². The van der Waals surface area contributed by atoms with E-state index < -0.39 is 0 Å². The highest BCUT2D eigenvalue weighted by atomic mass is 35.5. The monoisotopic (exact) mass is 276 g/mol. The molecule has 18 heavy (non-hydrogen) atoms. The predicted octanol–water partition coefficient (Wildman–Crippen LogP) is 1.61. The van der Waals surface area contributed by atoms with Crippen molar-refractivity contribution < 1.29 is 9.53 Å². The molecule has 106 valence electrons. The zero-order valence-electron chi connectivity index (χ0n) is 10.9. The first-order valence-corrected chi connectivity index (χ1v) is 6.90. The molecule has 0 spiro atoms. The summed E-state index contributed by atoms with van der Waals surface area (Å²) < 4.78 is 5.70. The number of nitrogens with one attached hydrogen (secondary N) is 1. The number of nitrogens with two attached hydrogens (primary N) is 1. The molecule has 0 aromatic carbocycles. The van der Waals surface area contributed by atoms with Crippen LogP contribution in [-0.2, 0) is 9.53 Å². The van der Waals surface area contributed by atoms with Gasteiger partial charge in [-0.25, -0.2) is 0 Å². The molecule has 2 unspecified atom stereocenters. The molecule has 0 aliphatic heterocycles. The van der Waals surface area contributed by atoms with Crippen molar-refractivity contribution in [1.82, 2.24) is 5.32 Å². The number of halogens is 1. The number of carbonyl (C=O) groups is 1. The maximum atomic E-state index is 11.8. The molecule has 1 amide bonds. The van der Waals surface area contributed by atoms with Gasteiger partial charge in [0.05, 0.1) is 12.7 Å². The summed E-state index contributed by atoms with van der Waals surface area (Å²) in [7, 11) is 0. The molecule has 0 aromatic rings. The Kier molecular flexibility index (Phi) is 6.97. The van der Waals surface area contributed by atoms with Crippen molar-refractivity contribution >= 4 is 18.3 Å². The lowest BCUT2D eigenvalue weighted by molar-refractivity contribution is -0.125. The van der Waals surface area contributed by atoms with Gasteiger partial charge < -0.3 is 15.8 Å². The van der Waals surface area contributed by atoms with Gasteiger partial charge in [0.15, 0.2) is 0 Å². The summed E-state index contributed by atoms with van der Waals surface area (Å²) in [6.07, 6.45) is 8.15. The second-order valence-electron chi connectivity index (χ2n) is 5.34. The van der Waals surface area contributed by atoms with Gasteiger partial charge in [-0.1, -0.05) is 12.8 Å². The summed E-state index contributed by atoms with van der Waals surface area (Å²) in [6.45, 7) is 1.29. The quantitative estimate of drug-likeness (QED) is 0.750. The predicted molar refractivity (Wildman–Crippen MR) is 73.8 cm³/mol. The molecule has 4 nitrogen and oxygen atoms in total. The van der Waals surface area contributed by atoms with E-state index in [0.29, 0.717) is 19.3 Å². The molecule has 2 aliphatic rings. The number of ether oxygens (including phenoxy) is 1. The molecule has 2 rings (SSSR count). The first kappa shape index (κ1) is 15.7. The number of rotatable bonds is 5. The highest BCUT2D eigenvalue weighted by Crippen LogP contribution is 2.24. The van der Waals surface area contributed by atoms with Crippen LogP contribution in [0.15, 0.2) is 0 Å². The van der Waals surface area contributed by atoms with E-state index in [1.54, 1.807) is 0 Å². The van der Waals surface area contributed by atoms with Crippen LogP contribution in [0.2, 0.25) is 0 Å². The average Bonchev–Trinajstić information content (AvgIpc) is 2.95. The third-order valence-electron chi connectivity index (χ3n) is 3.90. The zero-order chi connectivity index (χ0) is 12.1. The van der Waals surface area contributed by atoms with Crippen LogP contribution in [0.25, 0.3) is 0 Å². The Labute approximate surface area is 115 Å². The molecule has 0 saturated heterocycles. The van der Waals surface area contributed by atoms with Crippen molar-refractivity contribution in [1.29, 1.82) is 0 Å². The van der Waals surface area contributed by atoms with Crippen molar-refractivity contribution in [3.8, 4) is 0 Å². The van der Waals surface area contributed by atoms with E-state index in [1.807, 2.05) is 0 Å². The van der Waals surface area contributed by atoms with E-state index in [0.717, 1.165) is 19.3 Å². The van der Waals surface area contributed by atoms with Crippen LogP contribution in [0.4, 0.5) is 0 Å². The molecule has 0 heterocycles. The minimum absolute atomic E-state index is 0. The van der Waals surface area contributed by atoms with E-state index >= 15 is 0 Å². The van der Waals surface area contributed by atoms with Gasteiger partial charge in [-0.05, 0) is 32.1 Å². The van der Waals surface area contributed by atoms with Crippen molar-refractivity contribution in [2.45, 2.75) is 57.1 Å². The summed E-state index contributed by atoms with van der Waals surface area (Å²) >= 11 is 0. The molecule has 2 fully saturated rings. The fourth-order valence-electron chi connectivity index (χ4n) is 2.85. The molecule has 3 N–H and O–H groups in total. The van der Waals surface area contributed by atoms with E-state index in [1.165, 1.54) is 25.7 Å². The fourth-order valence-corrected chi connectivity index (χ4v) is 2.85. The lowest BCUT2D eigenvalue weighted by atomic mass is 10.1. The van der Waals surface area contributed by atoms with Crippen LogP contribution in [0.5, 0.6) is 0 Å². The smallest absolute Gasteiger partial charge is 0.223 e. The highest BCUT2D eigenvalue weighted by Gasteiger charge is 2.27. The molecule has 0 bridgehead atoms. The largest absolute Gasteiger partial charge is 0.376 e. The molecular formula is C13H25ClN2O2. The minimum Gasteiger partial charge on any atom is -0.376 e. The Morgan fingerprint density at radius 2 is 1.94 bits per heavy atom. The van der Waals surface area contributed by atoms with Gasteiger partial charge >= 0.3 is 0 Å². The Hall–Kier alpha value is -0.320. The molecule has 2 aliphatic carbocycles. The summed E-state index contributed by atoms with van der Waals surface area (Å²) in [5.74, 6) is 0.296. The zero-order valence-corrected chi connectivity index (χ0v) is 11.7. The summed E-state index contributed by atoms with van der Waals surface area (Å²) in [6, 6.07) is 0.223. The molecule has 2 atom stereocenters. The Balaban J connectivity index is 0.00000162. The third-order valence-corrected chi connectivity index (χ3v) is 3.90. The van der Waals surface area contributed by atoms with E-state index in [9.17, 15) is 4.79 Å². The summed E-state index contributed by atoms with van der Waals surface area (Å²) in [4.78, 5) is 11.8. The first-order chi connectivity index (χ1) is 8.25. The SMILES string of the molecule is Cl.NC1CCC(C(=O)NCCOC2CCCC2)C1. The van der Waals surface area contributed by atoms with Gasteiger partial charge in [-0.15, -0.1) is 12.4 Å². The molecule has 0 radical (unpaired) electrons. The van der Waals surface area contributed by atoms with Gasteiger partial charge in [-0.2, -0.15) is 0 Å². The number of carbonyl (C=O) groups excluding carboxylic acids is 1. The Morgan fingerprint density at radius 3 is 2.56 bits per heavy atom. The second-order valence-corrected chi connectivity index (χ2v) is 5.34. The van der Waals surface area contributed by atoms with E-state index in [4.69, 9.17) is 10.5 Å². The second kappa shape index (κ2) is 7.97. The molecular weight excluding hydrogens is 252 g/mol. The van der Waals surface area contributed by atoms with Crippen molar-refractivity contribution in [3.05, 3.63) is 0 Å². The molecule has 5 heteroatoms.